The zero-order valence-corrected chi connectivity index (χ0v) is 8.09. The Morgan fingerprint density at radius 2 is 2.09 bits per heavy atom. The maximum Gasteiger partial charge on any atom is 0.198 e. The second-order valence-corrected chi connectivity index (χ2v) is 3.35. The van der Waals surface area contributed by atoms with Gasteiger partial charge in [0.2, 0.25) is 0 Å². The average molecular weight is 216 g/mol. The quantitative estimate of drug-likeness (QED) is 0.730. The summed E-state index contributed by atoms with van der Waals surface area (Å²) in [7, 11) is 0. The Hall–Kier alpha value is -0.640. The lowest BCUT2D eigenvalue weighted by molar-refractivity contribution is 0.808. The number of hydrogen-bond acceptors (Lipinski definition) is 3. The first-order valence-electron chi connectivity index (χ1n) is 3.39. The van der Waals surface area contributed by atoms with E-state index in [2.05, 4.69) is 39.7 Å². The molecule has 2 N–H and O–H groups in total. The molecule has 0 saturated carbocycles. The molecular formula is C7H10BrN3. The summed E-state index contributed by atoms with van der Waals surface area (Å²) in [5.74, 6) is 0.896. The minimum Gasteiger partial charge on any atom is -0.384 e. The maximum atomic E-state index is 5.52. The summed E-state index contributed by atoms with van der Waals surface area (Å²) in [5.41, 5.74) is 6.48. The van der Waals surface area contributed by atoms with Crippen LogP contribution in [0.25, 0.3) is 0 Å². The molecule has 0 aliphatic rings. The van der Waals surface area contributed by atoms with Crippen LogP contribution in [0.3, 0.4) is 0 Å². The second-order valence-electron chi connectivity index (χ2n) is 2.64. The Kier molecular flexibility index (Phi) is 2.44. The highest BCUT2D eigenvalue weighted by molar-refractivity contribution is 9.10. The molecule has 1 rings (SSSR count). The Morgan fingerprint density at radius 1 is 1.45 bits per heavy atom. The van der Waals surface area contributed by atoms with Gasteiger partial charge in [-0.05, 0) is 21.8 Å². The largest absolute Gasteiger partial charge is 0.384 e. The van der Waals surface area contributed by atoms with Crippen LogP contribution < -0.4 is 5.73 Å². The van der Waals surface area contributed by atoms with Crippen molar-refractivity contribution in [3.8, 4) is 0 Å². The molecule has 4 heteroatoms. The highest BCUT2D eigenvalue weighted by Crippen LogP contribution is 2.15. The van der Waals surface area contributed by atoms with E-state index >= 15 is 0 Å². The van der Waals surface area contributed by atoms with Gasteiger partial charge in [-0.2, -0.15) is 0 Å². The fourth-order valence-electron chi connectivity index (χ4n) is 0.750. The van der Waals surface area contributed by atoms with Crippen LogP contribution in [0.1, 0.15) is 25.5 Å². The van der Waals surface area contributed by atoms with Gasteiger partial charge in [0.05, 0.1) is 0 Å². The molecule has 0 bridgehead atoms. The zero-order valence-electron chi connectivity index (χ0n) is 6.50. The van der Waals surface area contributed by atoms with E-state index in [0.29, 0.717) is 16.5 Å². The van der Waals surface area contributed by atoms with Crippen LogP contribution in [0.15, 0.2) is 10.8 Å². The molecular weight excluding hydrogens is 206 g/mol. The van der Waals surface area contributed by atoms with Gasteiger partial charge in [0.15, 0.2) is 4.73 Å². The summed E-state index contributed by atoms with van der Waals surface area (Å²) in [5, 5.41) is 0. The minimum absolute atomic E-state index is 0.386. The smallest absolute Gasteiger partial charge is 0.198 e. The van der Waals surface area contributed by atoms with Gasteiger partial charge in [-0.3, -0.25) is 0 Å². The van der Waals surface area contributed by atoms with Crippen molar-refractivity contribution >= 4 is 21.7 Å². The first-order chi connectivity index (χ1) is 5.09. The third-order valence-corrected chi connectivity index (χ3v) is 1.68. The summed E-state index contributed by atoms with van der Waals surface area (Å²) in [6, 6.07) is 1.79. The molecule has 60 valence electrons. The molecule has 1 heterocycles. The van der Waals surface area contributed by atoms with Crippen molar-refractivity contribution in [2.75, 3.05) is 5.73 Å². The van der Waals surface area contributed by atoms with Crippen molar-refractivity contribution in [1.82, 2.24) is 9.97 Å². The maximum absolute atomic E-state index is 5.52. The van der Waals surface area contributed by atoms with E-state index < -0.39 is 0 Å². The van der Waals surface area contributed by atoms with Crippen LogP contribution in [0, 0.1) is 0 Å². The van der Waals surface area contributed by atoms with Gasteiger partial charge in [-0.1, -0.05) is 13.8 Å². The molecule has 3 nitrogen and oxygen atoms in total. The van der Waals surface area contributed by atoms with E-state index in [1.807, 2.05) is 0 Å². The van der Waals surface area contributed by atoms with Crippen LogP contribution >= 0.6 is 15.9 Å². The summed E-state index contributed by atoms with van der Waals surface area (Å²) >= 11 is 3.18. The van der Waals surface area contributed by atoms with Crippen molar-refractivity contribution in [2.45, 2.75) is 19.8 Å². The van der Waals surface area contributed by atoms with Gasteiger partial charge < -0.3 is 5.73 Å². The van der Waals surface area contributed by atoms with Crippen LogP contribution in [0.4, 0.5) is 5.82 Å². The normalized spacial score (nSPS) is 10.5. The highest BCUT2D eigenvalue weighted by atomic mass is 79.9. The molecule has 1 aromatic heterocycles. The van der Waals surface area contributed by atoms with E-state index in [4.69, 9.17) is 5.73 Å². The lowest BCUT2D eigenvalue weighted by Gasteiger charge is -2.04. The molecule has 0 fully saturated rings. The number of halogens is 1. The SMILES string of the molecule is CC(C)c1cc(N)nc(Br)n1. The Labute approximate surface area is 74.2 Å². The number of rotatable bonds is 1. The molecule has 0 amide bonds. The zero-order chi connectivity index (χ0) is 8.43. The number of nitrogens with two attached hydrogens (primary N) is 1. The average Bonchev–Trinajstić information content (AvgIpc) is 1.85. The molecule has 0 saturated heterocycles. The third-order valence-electron chi connectivity index (χ3n) is 1.33. The molecule has 11 heavy (non-hydrogen) atoms. The number of nitrogens with zero attached hydrogens (tertiary/aromatic N) is 2. The van der Waals surface area contributed by atoms with Crippen molar-refractivity contribution in [2.24, 2.45) is 0 Å². The lowest BCUT2D eigenvalue weighted by atomic mass is 10.1. The molecule has 0 spiro atoms. The van der Waals surface area contributed by atoms with Crippen LogP contribution in [-0.4, -0.2) is 9.97 Å². The fraction of sp³-hybridized carbons (Fsp3) is 0.429. The van der Waals surface area contributed by atoms with Gasteiger partial charge in [-0.15, -0.1) is 0 Å². The number of hydrogen-bond donors (Lipinski definition) is 1. The first kappa shape index (κ1) is 8.46. The van der Waals surface area contributed by atoms with Gasteiger partial charge >= 0.3 is 0 Å². The number of nitrogen functional groups attached to an aromatic ring is 1. The Bertz CT molecular complexity index is 240. The van der Waals surface area contributed by atoms with Crippen molar-refractivity contribution in [1.29, 1.82) is 0 Å². The van der Waals surface area contributed by atoms with Gasteiger partial charge in [-0.25, -0.2) is 9.97 Å². The molecule has 0 radical (unpaired) electrons. The van der Waals surface area contributed by atoms with Crippen molar-refractivity contribution in [3.63, 3.8) is 0 Å². The Balaban J connectivity index is 3.08. The third kappa shape index (κ3) is 2.15. The van der Waals surface area contributed by atoms with E-state index in [9.17, 15) is 0 Å². The van der Waals surface area contributed by atoms with Crippen LogP contribution in [-0.2, 0) is 0 Å². The predicted octanol–water partition coefficient (Wildman–Crippen LogP) is 1.94. The molecule has 1 aromatic rings. The fourth-order valence-corrected chi connectivity index (χ4v) is 1.16. The summed E-state index contributed by atoms with van der Waals surface area (Å²) in [6.45, 7) is 4.13. The van der Waals surface area contributed by atoms with Crippen LogP contribution in [0.5, 0.6) is 0 Å². The number of aromatic nitrogens is 2. The lowest BCUT2D eigenvalue weighted by Crippen LogP contribution is -1.99. The van der Waals surface area contributed by atoms with Crippen molar-refractivity contribution in [3.05, 3.63) is 16.5 Å². The molecule has 0 atom stereocenters. The van der Waals surface area contributed by atoms with Gasteiger partial charge in [0, 0.05) is 11.8 Å². The van der Waals surface area contributed by atoms with Crippen molar-refractivity contribution < 1.29 is 0 Å². The number of anilines is 1. The molecule has 0 unspecified atom stereocenters. The standard InChI is InChI=1S/C7H10BrN3/c1-4(2)5-3-6(9)11-7(8)10-5/h3-4H,1-2H3,(H2,9,10,11). The van der Waals surface area contributed by atoms with Gasteiger partial charge in [0.25, 0.3) is 0 Å². The molecule has 0 aliphatic heterocycles. The minimum atomic E-state index is 0.386. The predicted molar refractivity (Wildman–Crippen MR) is 48.2 cm³/mol. The highest BCUT2D eigenvalue weighted by Gasteiger charge is 2.03. The monoisotopic (exact) mass is 215 g/mol. The van der Waals surface area contributed by atoms with E-state index in [1.54, 1.807) is 6.07 Å². The summed E-state index contributed by atoms with van der Waals surface area (Å²) in [6.07, 6.45) is 0. The van der Waals surface area contributed by atoms with E-state index in [1.165, 1.54) is 0 Å². The summed E-state index contributed by atoms with van der Waals surface area (Å²) in [4.78, 5) is 8.06. The Morgan fingerprint density at radius 3 is 2.55 bits per heavy atom. The summed E-state index contributed by atoms with van der Waals surface area (Å²) < 4.78 is 0.557. The van der Waals surface area contributed by atoms with E-state index in [-0.39, 0.29) is 0 Å². The van der Waals surface area contributed by atoms with Gasteiger partial charge in [0.1, 0.15) is 5.82 Å². The second kappa shape index (κ2) is 3.17. The topological polar surface area (TPSA) is 51.8 Å². The first-order valence-corrected chi connectivity index (χ1v) is 4.19. The molecule has 0 aliphatic carbocycles. The molecule has 0 aromatic carbocycles. The van der Waals surface area contributed by atoms with E-state index in [0.717, 1.165) is 5.69 Å². The van der Waals surface area contributed by atoms with Crippen LogP contribution in [0.2, 0.25) is 0 Å².